The molecule has 0 N–H and O–H groups in total. The van der Waals surface area contributed by atoms with E-state index in [0.29, 0.717) is 11.0 Å². The molecule has 162 valence electrons. The summed E-state index contributed by atoms with van der Waals surface area (Å²) in [6.45, 7) is 0.0847. The van der Waals surface area contributed by atoms with Gasteiger partial charge in [-0.1, -0.05) is 11.8 Å². The molecule has 3 atom stereocenters. The Balaban J connectivity index is 0.00000256. The van der Waals surface area contributed by atoms with Crippen molar-refractivity contribution in [1.29, 1.82) is 0 Å². The maximum Gasteiger partial charge on any atom is 1.00 e. The van der Waals surface area contributed by atoms with Crippen molar-refractivity contribution in [3.8, 4) is 0 Å². The van der Waals surface area contributed by atoms with Crippen LogP contribution in [0.15, 0.2) is 16.8 Å². The Morgan fingerprint density at radius 1 is 1.28 bits per heavy atom. The van der Waals surface area contributed by atoms with E-state index in [0.717, 1.165) is 18.7 Å². The molecule has 3 heterocycles. The topological polar surface area (TPSA) is 205 Å². The van der Waals surface area contributed by atoms with Crippen LogP contribution in [-0.2, 0) is 40.8 Å². The summed E-state index contributed by atoms with van der Waals surface area (Å²) < 4.78 is 29.9. The molecule has 0 spiro atoms. The number of sulfone groups is 1. The minimum Gasteiger partial charge on any atom is -0.548 e. The zero-order chi connectivity index (χ0) is 22.4. The van der Waals surface area contributed by atoms with Gasteiger partial charge in [-0.25, -0.2) is 13.1 Å². The Morgan fingerprint density at radius 3 is 2.41 bits per heavy atom. The molecule has 0 radical (unpaired) electrons. The number of rotatable bonds is 7. The summed E-state index contributed by atoms with van der Waals surface area (Å²) >= 11 is 0.900. The number of aryl methyl sites for hydroxylation is 1. The maximum absolute atomic E-state index is 13.0. The monoisotopic (exact) mass is 505 g/mol. The van der Waals surface area contributed by atoms with Crippen LogP contribution in [0.4, 0.5) is 0 Å². The Bertz CT molecular complexity index is 1090. The van der Waals surface area contributed by atoms with Crippen LogP contribution in [0.5, 0.6) is 0 Å². The van der Waals surface area contributed by atoms with Crippen molar-refractivity contribution < 1.29 is 102 Å². The van der Waals surface area contributed by atoms with Crippen molar-refractivity contribution >= 4 is 45.4 Å². The third-order valence-electron chi connectivity index (χ3n) is 4.72. The quantitative estimate of drug-likeness (QED) is 0.111. The van der Waals surface area contributed by atoms with Crippen molar-refractivity contribution in [2.24, 2.45) is 7.05 Å². The Kier molecular flexibility index (Phi) is 9.52. The smallest absolute Gasteiger partial charge is 0.548 e. The van der Waals surface area contributed by atoms with Gasteiger partial charge < -0.3 is 29.4 Å². The first-order chi connectivity index (χ1) is 13.9. The number of thioether (sulfide) groups is 1. The Morgan fingerprint density at radius 2 is 1.91 bits per heavy atom. The number of esters is 1. The van der Waals surface area contributed by atoms with E-state index in [-0.39, 0.29) is 70.0 Å². The molecule has 3 rings (SSSR count). The van der Waals surface area contributed by atoms with Crippen LogP contribution in [-0.4, -0.2) is 85.9 Å². The van der Waals surface area contributed by atoms with Gasteiger partial charge in [-0.3, -0.25) is 9.59 Å². The number of tetrazole rings is 1. The van der Waals surface area contributed by atoms with E-state index in [9.17, 15) is 37.8 Å². The van der Waals surface area contributed by atoms with Gasteiger partial charge in [0, 0.05) is 7.05 Å². The number of aliphatic carboxylic acids is 2. The number of fused-ring (bicyclic) bond motifs is 1. The van der Waals surface area contributed by atoms with E-state index in [1.165, 1.54) is 11.7 Å². The molecule has 0 aromatic carbocycles. The van der Waals surface area contributed by atoms with Crippen LogP contribution in [0.2, 0.25) is 0 Å². The third-order valence-corrected chi connectivity index (χ3v) is 8.41. The molecule has 2 fully saturated rings. The van der Waals surface area contributed by atoms with Crippen LogP contribution in [0.3, 0.4) is 0 Å². The van der Waals surface area contributed by atoms with Gasteiger partial charge in [-0.2, -0.15) is 0 Å². The number of nitrogens with zero attached hydrogens (tertiary/aromatic N) is 5. The zero-order valence-electron chi connectivity index (χ0n) is 17.4. The van der Waals surface area contributed by atoms with Gasteiger partial charge in [0.25, 0.3) is 5.91 Å². The van der Waals surface area contributed by atoms with Gasteiger partial charge in [0.05, 0.1) is 29.3 Å². The molecule has 1 amide bonds. The Labute approximate surface area is 229 Å². The van der Waals surface area contributed by atoms with Gasteiger partial charge in [0.2, 0.25) is 5.16 Å². The number of β-lactam (4-membered cyclic amide) rings is 1. The van der Waals surface area contributed by atoms with E-state index in [1.807, 2.05) is 0 Å². The summed E-state index contributed by atoms with van der Waals surface area (Å²) in [5, 5.41) is 31.5. The van der Waals surface area contributed by atoms with Gasteiger partial charge in [-0.05, 0) is 23.4 Å². The largest absolute Gasteiger partial charge is 1.00 e. The van der Waals surface area contributed by atoms with Crippen molar-refractivity contribution in [2.45, 2.75) is 28.2 Å². The van der Waals surface area contributed by atoms with E-state index >= 15 is 0 Å². The number of carbonyl (C=O) groups is 4. The maximum atomic E-state index is 13.0. The summed E-state index contributed by atoms with van der Waals surface area (Å²) in [7, 11) is -2.97. The van der Waals surface area contributed by atoms with Crippen molar-refractivity contribution in [2.75, 3.05) is 12.4 Å². The number of hydrogen-bond acceptors (Lipinski definition) is 13. The summed E-state index contributed by atoms with van der Waals surface area (Å²) in [4.78, 5) is 47.1. The Hall–Kier alpha value is -1.01. The molecule has 1 unspecified atom stereocenters. The summed E-state index contributed by atoms with van der Waals surface area (Å²) in [5.41, 5.74) is -0.637. The molecule has 14 nitrogen and oxygen atoms in total. The molecule has 2 aliphatic rings. The van der Waals surface area contributed by atoms with Crippen LogP contribution < -0.4 is 69.3 Å². The number of hydrogen-bond donors (Lipinski definition) is 0. The second kappa shape index (κ2) is 10.5. The first-order valence-corrected chi connectivity index (χ1v) is 10.7. The second-order valence-corrected chi connectivity index (χ2v) is 10.0. The number of ether oxygens (including phenoxy) is 1. The van der Waals surface area contributed by atoms with E-state index in [4.69, 9.17) is 4.74 Å². The number of carbonyl (C=O) groups excluding carboxylic acids is 4. The average Bonchev–Trinajstić information content (AvgIpc) is 3.12. The van der Waals surface area contributed by atoms with Crippen molar-refractivity contribution in [3.63, 3.8) is 0 Å². The number of amides is 1. The molecule has 32 heavy (non-hydrogen) atoms. The molecule has 2 aliphatic heterocycles. The SMILES string of the molecule is Cn1nnnc1SCC(=O)OC[C@@]1(C)[C@H](C(=O)[O-])N2C(=O)/C(=C/C(=O)[O-])C2S1(=O)=O.[Na+].[Na+]. The first-order valence-electron chi connectivity index (χ1n) is 8.12. The van der Waals surface area contributed by atoms with Crippen molar-refractivity contribution in [1.82, 2.24) is 25.1 Å². The molecule has 18 heteroatoms. The van der Waals surface area contributed by atoms with Crippen LogP contribution in [0.25, 0.3) is 0 Å². The second-order valence-electron chi connectivity index (χ2n) is 6.60. The van der Waals surface area contributed by atoms with E-state index < -0.39 is 62.0 Å². The molecule has 0 aliphatic carbocycles. The number of aromatic nitrogens is 4. The zero-order valence-corrected chi connectivity index (χ0v) is 23.0. The third kappa shape index (κ3) is 4.77. The van der Waals surface area contributed by atoms with Crippen LogP contribution >= 0.6 is 11.8 Å². The fraction of sp³-hybridized carbons (Fsp3) is 0.500. The minimum atomic E-state index is -4.51. The molecule has 1 aromatic heterocycles. The van der Waals surface area contributed by atoms with Crippen molar-refractivity contribution in [3.05, 3.63) is 11.6 Å². The molecule has 0 bridgehead atoms. The van der Waals surface area contributed by atoms with E-state index in [1.54, 1.807) is 0 Å². The first kappa shape index (κ1) is 29.0. The summed E-state index contributed by atoms with van der Waals surface area (Å²) in [6, 6.07) is -1.98. The molecule has 1 aromatic rings. The number of carboxylic acid groups (broad SMARTS) is 2. The van der Waals surface area contributed by atoms with Crippen LogP contribution in [0.1, 0.15) is 6.92 Å². The fourth-order valence-electron chi connectivity index (χ4n) is 3.24. The molecule has 2 saturated heterocycles. The number of carboxylic acids is 2. The minimum absolute atomic E-state index is 0. The van der Waals surface area contributed by atoms with Gasteiger partial charge in [0.15, 0.2) is 15.2 Å². The fourth-order valence-corrected chi connectivity index (χ4v) is 6.16. The summed E-state index contributed by atoms with van der Waals surface area (Å²) in [5.74, 6) is -5.99. The van der Waals surface area contributed by atoms with Gasteiger partial charge in [0.1, 0.15) is 11.4 Å². The molecule has 0 saturated carbocycles. The van der Waals surface area contributed by atoms with E-state index in [2.05, 4.69) is 15.5 Å². The molecular formula is C14H13N5Na2O9S2. The predicted molar refractivity (Wildman–Crippen MR) is 90.3 cm³/mol. The van der Waals surface area contributed by atoms with Crippen LogP contribution in [0, 0.1) is 0 Å². The average molecular weight is 505 g/mol. The normalized spacial score (nSPS) is 26.4. The standard InChI is InChI=1S/C14H15N5O9S2.2Na/c1-14(5-28-8(22)4-29-13-15-16-17-18(13)2)9(12(24)25)19-10(23)6(3-7(20)21)11(19)30(14,26)27;;/h3,9,11H,4-5H2,1-2H3,(H,20,21)(H,24,25);;/q;2*+1/p-2/b6-3-;;/t9-,11?,14-;;/m0../s1. The molecular weight excluding hydrogens is 492 g/mol. The summed E-state index contributed by atoms with van der Waals surface area (Å²) in [6.07, 6.45) is 0.302. The predicted octanol–water partition coefficient (Wildman–Crippen LogP) is -11.0. The van der Waals surface area contributed by atoms with Gasteiger partial charge >= 0.3 is 65.1 Å². The van der Waals surface area contributed by atoms with Gasteiger partial charge in [-0.15, -0.1) is 5.10 Å².